The van der Waals surface area contributed by atoms with Crippen molar-refractivity contribution in [3.63, 3.8) is 0 Å². The number of primary sulfonamides is 1. The van der Waals surface area contributed by atoms with Crippen molar-refractivity contribution < 1.29 is 8.42 Å². The maximum Gasteiger partial charge on any atom is 0.238 e. The van der Waals surface area contributed by atoms with Gasteiger partial charge in [-0.1, -0.05) is 12.1 Å². The number of aromatic amines is 1. The summed E-state index contributed by atoms with van der Waals surface area (Å²) in [6.45, 7) is 0. The van der Waals surface area contributed by atoms with E-state index in [1.54, 1.807) is 18.3 Å². The van der Waals surface area contributed by atoms with Gasteiger partial charge in [0.2, 0.25) is 10.0 Å². The van der Waals surface area contributed by atoms with Crippen LogP contribution in [0.15, 0.2) is 41.4 Å². The average Bonchev–Trinajstić information content (AvgIpc) is 2.85. The highest BCUT2D eigenvalue weighted by Crippen LogP contribution is 2.22. The number of hydrogen-bond acceptors (Lipinski definition) is 4. The fourth-order valence-corrected chi connectivity index (χ4v) is 2.29. The fourth-order valence-electron chi connectivity index (χ4n) is 1.77. The van der Waals surface area contributed by atoms with Gasteiger partial charge in [-0.2, -0.15) is 0 Å². The number of rotatable bonds is 2. The Balaban J connectivity index is 2.06. The van der Waals surface area contributed by atoms with Gasteiger partial charge in [0.15, 0.2) is 12.0 Å². The predicted molar refractivity (Wildman–Crippen MR) is 69.5 cm³/mol. The topological polar surface area (TPSA) is 102 Å². The molecule has 7 heteroatoms. The summed E-state index contributed by atoms with van der Waals surface area (Å²) in [5, 5.41) is 5.05. The molecule has 0 saturated carbocycles. The molecule has 0 spiro atoms. The molecule has 1 aromatic carbocycles. The Morgan fingerprint density at radius 2 is 1.89 bits per heavy atom. The van der Waals surface area contributed by atoms with E-state index in [9.17, 15) is 8.42 Å². The monoisotopic (exact) mass is 273 g/mol. The van der Waals surface area contributed by atoms with Crippen molar-refractivity contribution in [1.29, 1.82) is 0 Å². The number of nitrogens with two attached hydrogens (primary N) is 1. The van der Waals surface area contributed by atoms with Gasteiger partial charge in [0.05, 0.1) is 4.90 Å². The SMILES string of the molecule is NS(=O)(=O)c1ccc(-c2cnc3[nH][c]nc3c2)cc1. The van der Waals surface area contributed by atoms with Crippen LogP contribution >= 0.6 is 0 Å². The van der Waals surface area contributed by atoms with Crippen LogP contribution in [-0.4, -0.2) is 23.4 Å². The summed E-state index contributed by atoms with van der Waals surface area (Å²) in [5.41, 5.74) is 3.04. The molecule has 0 fully saturated rings. The zero-order valence-corrected chi connectivity index (χ0v) is 10.5. The molecule has 0 unspecified atom stereocenters. The maximum atomic E-state index is 11.2. The minimum absolute atomic E-state index is 0.0818. The molecule has 1 radical (unpaired) electrons. The van der Waals surface area contributed by atoms with E-state index in [2.05, 4.69) is 21.3 Å². The fraction of sp³-hybridized carbons (Fsp3) is 0. The van der Waals surface area contributed by atoms with Crippen molar-refractivity contribution in [3.05, 3.63) is 42.9 Å². The van der Waals surface area contributed by atoms with Crippen LogP contribution in [0.1, 0.15) is 0 Å². The molecule has 2 heterocycles. The van der Waals surface area contributed by atoms with Gasteiger partial charge in [0.25, 0.3) is 0 Å². The number of pyridine rings is 1. The number of aromatic nitrogens is 3. The molecular weight excluding hydrogens is 264 g/mol. The lowest BCUT2D eigenvalue weighted by molar-refractivity contribution is 0.598. The van der Waals surface area contributed by atoms with E-state index in [1.165, 1.54) is 12.1 Å². The van der Waals surface area contributed by atoms with Gasteiger partial charge >= 0.3 is 0 Å². The molecular formula is C12H9N4O2S. The van der Waals surface area contributed by atoms with Gasteiger partial charge in [-0.3, -0.25) is 0 Å². The number of fused-ring (bicyclic) bond motifs is 1. The Morgan fingerprint density at radius 1 is 1.16 bits per heavy atom. The third-order valence-corrected chi connectivity index (χ3v) is 3.66. The van der Waals surface area contributed by atoms with Crippen molar-refractivity contribution in [2.45, 2.75) is 4.90 Å². The van der Waals surface area contributed by atoms with Gasteiger partial charge in [0.1, 0.15) is 5.52 Å². The second-order valence-corrected chi connectivity index (χ2v) is 5.57. The zero-order valence-electron chi connectivity index (χ0n) is 9.66. The highest BCUT2D eigenvalue weighted by Gasteiger charge is 2.08. The van der Waals surface area contributed by atoms with Crippen LogP contribution in [0.5, 0.6) is 0 Å². The molecule has 19 heavy (non-hydrogen) atoms. The normalized spacial score (nSPS) is 11.8. The minimum Gasteiger partial charge on any atom is -0.320 e. The first kappa shape index (κ1) is 11.8. The summed E-state index contributed by atoms with van der Waals surface area (Å²) in [5.74, 6) is 0. The van der Waals surface area contributed by atoms with Crippen molar-refractivity contribution in [2.75, 3.05) is 0 Å². The standard InChI is InChI=1S/C12H9N4O2S/c13-19(17,18)10-3-1-8(2-4-10)9-5-11-12(14-6-9)16-7-15-11/h1-6H,(H2,13,17,18)(H,14,15,16). The zero-order chi connectivity index (χ0) is 13.5. The second kappa shape index (κ2) is 4.15. The predicted octanol–water partition coefficient (Wildman–Crippen LogP) is 1.07. The number of nitrogens with one attached hydrogen (secondary N) is 1. The number of benzene rings is 1. The van der Waals surface area contributed by atoms with Crippen molar-refractivity contribution in [1.82, 2.24) is 15.0 Å². The lowest BCUT2D eigenvalue weighted by Crippen LogP contribution is -2.11. The number of sulfonamides is 1. The summed E-state index contributed by atoms with van der Waals surface area (Å²) < 4.78 is 22.3. The van der Waals surface area contributed by atoms with Gasteiger partial charge in [-0.05, 0) is 23.8 Å². The summed E-state index contributed by atoms with van der Waals surface area (Å²) in [6, 6.07) is 8.14. The largest absolute Gasteiger partial charge is 0.320 e. The Hall–Kier alpha value is -2.25. The van der Waals surface area contributed by atoms with Crippen LogP contribution in [0.3, 0.4) is 0 Å². The molecule has 0 aliphatic carbocycles. The number of imidazole rings is 1. The maximum absolute atomic E-state index is 11.2. The molecule has 0 bridgehead atoms. The summed E-state index contributed by atoms with van der Waals surface area (Å²) in [6.07, 6.45) is 4.29. The number of hydrogen-bond donors (Lipinski definition) is 2. The molecule has 6 nitrogen and oxygen atoms in total. The molecule has 3 rings (SSSR count). The molecule has 0 atom stereocenters. The van der Waals surface area contributed by atoms with Crippen LogP contribution in [0.25, 0.3) is 22.3 Å². The molecule has 3 N–H and O–H groups in total. The van der Waals surface area contributed by atoms with Crippen LogP contribution in [0.2, 0.25) is 0 Å². The lowest BCUT2D eigenvalue weighted by Gasteiger charge is -2.02. The van der Waals surface area contributed by atoms with Crippen molar-refractivity contribution >= 4 is 21.2 Å². The Labute approximate surface area is 109 Å². The highest BCUT2D eigenvalue weighted by molar-refractivity contribution is 7.89. The third-order valence-electron chi connectivity index (χ3n) is 2.73. The quantitative estimate of drug-likeness (QED) is 0.729. The molecule has 0 aliphatic heterocycles. The first-order chi connectivity index (χ1) is 9.04. The van der Waals surface area contributed by atoms with Gasteiger partial charge < -0.3 is 4.98 Å². The van der Waals surface area contributed by atoms with E-state index < -0.39 is 10.0 Å². The van der Waals surface area contributed by atoms with E-state index in [0.29, 0.717) is 11.2 Å². The first-order valence-corrected chi connectivity index (χ1v) is 6.94. The highest BCUT2D eigenvalue weighted by atomic mass is 32.2. The van der Waals surface area contributed by atoms with E-state index >= 15 is 0 Å². The molecule has 0 aliphatic rings. The number of H-pyrrole nitrogens is 1. The van der Waals surface area contributed by atoms with Crippen molar-refractivity contribution in [2.24, 2.45) is 5.14 Å². The van der Waals surface area contributed by atoms with Crippen LogP contribution in [-0.2, 0) is 10.0 Å². The van der Waals surface area contributed by atoms with Crippen LogP contribution in [0.4, 0.5) is 0 Å². The van der Waals surface area contributed by atoms with E-state index in [1.807, 2.05) is 6.07 Å². The van der Waals surface area contributed by atoms with Crippen LogP contribution in [0, 0.1) is 6.33 Å². The Bertz CT molecular complexity index is 838. The molecule has 2 aromatic heterocycles. The smallest absolute Gasteiger partial charge is 0.238 e. The van der Waals surface area contributed by atoms with E-state index in [-0.39, 0.29) is 4.90 Å². The van der Waals surface area contributed by atoms with Gasteiger partial charge in [0, 0.05) is 11.8 Å². The second-order valence-electron chi connectivity index (χ2n) is 4.01. The van der Waals surface area contributed by atoms with E-state index in [0.717, 1.165) is 11.1 Å². The molecule has 95 valence electrons. The third kappa shape index (κ3) is 2.20. The van der Waals surface area contributed by atoms with Gasteiger partial charge in [-0.25, -0.2) is 23.5 Å². The molecule has 3 aromatic rings. The lowest BCUT2D eigenvalue weighted by atomic mass is 10.1. The minimum atomic E-state index is -3.67. The van der Waals surface area contributed by atoms with E-state index in [4.69, 9.17) is 5.14 Å². The summed E-state index contributed by atoms with van der Waals surface area (Å²) in [4.78, 5) is 11.1. The van der Waals surface area contributed by atoms with Crippen LogP contribution < -0.4 is 5.14 Å². The van der Waals surface area contributed by atoms with Gasteiger partial charge in [-0.15, -0.1) is 0 Å². The summed E-state index contributed by atoms with van der Waals surface area (Å²) in [7, 11) is -3.67. The average molecular weight is 273 g/mol. The Morgan fingerprint density at radius 3 is 2.58 bits per heavy atom. The summed E-state index contributed by atoms with van der Waals surface area (Å²) >= 11 is 0. The first-order valence-electron chi connectivity index (χ1n) is 5.39. The molecule has 0 saturated heterocycles. The Kier molecular flexibility index (Phi) is 2.58. The molecule has 0 amide bonds. The van der Waals surface area contributed by atoms with Crippen molar-refractivity contribution in [3.8, 4) is 11.1 Å². The number of nitrogens with zero attached hydrogens (tertiary/aromatic N) is 2.